The highest BCUT2D eigenvalue weighted by molar-refractivity contribution is 5.59. The average molecular weight is 286 g/mol. The minimum absolute atomic E-state index is 0.672. The topological polar surface area (TPSA) is 15.3 Å². The zero-order valence-electron chi connectivity index (χ0n) is 13.6. The number of rotatable bonds is 6. The summed E-state index contributed by atoms with van der Waals surface area (Å²) in [5.41, 5.74) is 3.03. The van der Waals surface area contributed by atoms with E-state index in [1.165, 1.54) is 62.9 Å². The summed E-state index contributed by atoms with van der Waals surface area (Å²) < 4.78 is 0. The Kier molecular flexibility index (Phi) is 4.84. The number of anilines is 1. The third-order valence-corrected chi connectivity index (χ3v) is 5.40. The summed E-state index contributed by atoms with van der Waals surface area (Å²) in [7, 11) is 0. The molecule has 2 nitrogen and oxygen atoms in total. The average Bonchev–Trinajstić information content (AvgIpc) is 3.06. The fraction of sp³-hybridized carbons (Fsp3) is 0.684. The normalized spacial score (nSPS) is 28.1. The molecule has 0 saturated heterocycles. The standard InChI is InChI=1S/C19H30N2/c1-3-12-20-18-9-6-8-16(18)11-13-21-15(2)14-17-7-4-5-10-19(17)21/h4-5,7,10,15-16,18,20H,3,6,8-9,11-14H2,1-2H3. The van der Waals surface area contributed by atoms with Gasteiger partial charge in [-0.3, -0.25) is 0 Å². The highest BCUT2D eigenvalue weighted by Crippen LogP contribution is 2.34. The maximum Gasteiger partial charge on any atom is 0.0402 e. The lowest BCUT2D eigenvalue weighted by atomic mass is 9.99. The van der Waals surface area contributed by atoms with Gasteiger partial charge in [-0.25, -0.2) is 0 Å². The molecule has 1 N–H and O–H groups in total. The highest BCUT2D eigenvalue weighted by Gasteiger charge is 2.30. The van der Waals surface area contributed by atoms with Crippen molar-refractivity contribution in [3.05, 3.63) is 29.8 Å². The van der Waals surface area contributed by atoms with Gasteiger partial charge in [-0.05, 0) is 63.1 Å². The molecule has 1 fully saturated rings. The van der Waals surface area contributed by atoms with Crippen LogP contribution in [0.5, 0.6) is 0 Å². The first-order valence-corrected chi connectivity index (χ1v) is 8.87. The van der Waals surface area contributed by atoms with Crippen LogP contribution in [0.4, 0.5) is 5.69 Å². The number of hydrogen-bond donors (Lipinski definition) is 1. The smallest absolute Gasteiger partial charge is 0.0402 e. The van der Waals surface area contributed by atoms with E-state index >= 15 is 0 Å². The Bertz CT molecular complexity index is 457. The van der Waals surface area contributed by atoms with Gasteiger partial charge in [0.25, 0.3) is 0 Å². The summed E-state index contributed by atoms with van der Waals surface area (Å²) in [5.74, 6) is 0.886. The van der Waals surface area contributed by atoms with E-state index in [-0.39, 0.29) is 0 Å². The summed E-state index contributed by atoms with van der Waals surface area (Å²) in [4.78, 5) is 2.64. The predicted octanol–water partition coefficient (Wildman–Crippen LogP) is 4.00. The molecule has 0 amide bonds. The molecule has 116 valence electrons. The summed E-state index contributed by atoms with van der Waals surface area (Å²) in [5, 5.41) is 3.77. The summed E-state index contributed by atoms with van der Waals surface area (Å²) >= 11 is 0. The monoisotopic (exact) mass is 286 g/mol. The molecule has 3 unspecified atom stereocenters. The van der Waals surface area contributed by atoms with Crippen LogP contribution in [0.3, 0.4) is 0 Å². The molecule has 21 heavy (non-hydrogen) atoms. The van der Waals surface area contributed by atoms with E-state index in [2.05, 4.69) is 48.3 Å². The van der Waals surface area contributed by atoms with Crippen molar-refractivity contribution in [3.8, 4) is 0 Å². The number of nitrogens with zero attached hydrogens (tertiary/aromatic N) is 1. The molecule has 3 atom stereocenters. The number of nitrogens with one attached hydrogen (secondary N) is 1. The third kappa shape index (κ3) is 3.26. The van der Waals surface area contributed by atoms with E-state index in [1.807, 2.05) is 0 Å². The van der Waals surface area contributed by atoms with Crippen molar-refractivity contribution in [1.29, 1.82) is 0 Å². The van der Waals surface area contributed by atoms with Gasteiger partial charge in [0.2, 0.25) is 0 Å². The fourth-order valence-electron chi connectivity index (χ4n) is 4.26. The zero-order chi connectivity index (χ0) is 14.7. The lowest BCUT2D eigenvalue weighted by Crippen LogP contribution is -2.36. The second-order valence-corrected chi connectivity index (χ2v) is 6.92. The van der Waals surface area contributed by atoms with Gasteiger partial charge in [0.05, 0.1) is 0 Å². The number of hydrogen-bond acceptors (Lipinski definition) is 2. The Labute approximate surface area is 129 Å². The molecule has 2 heteroatoms. The molecule has 3 rings (SSSR count). The highest BCUT2D eigenvalue weighted by atomic mass is 15.2. The third-order valence-electron chi connectivity index (χ3n) is 5.40. The van der Waals surface area contributed by atoms with Crippen LogP contribution in [-0.2, 0) is 6.42 Å². The van der Waals surface area contributed by atoms with E-state index in [9.17, 15) is 0 Å². The van der Waals surface area contributed by atoms with Crippen molar-refractivity contribution < 1.29 is 0 Å². The van der Waals surface area contributed by atoms with Crippen molar-refractivity contribution in [2.75, 3.05) is 18.0 Å². The van der Waals surface area contributed by atoms with E-state index < -0.39 is 0 Å². The summed E-state index contributed by atoms with van der Waals surface area (Å²) in [6, 6.07) is 10.4. The Balaban J connectivity index is 1.57. The molecule has 0 radical (unpaired) electrons. The maximum atomic E-state index is 3.77. The molecule has 1 aromatic carbocycles. The molecule has 1 saturated carbocycles. The minimum atomic E-state index is 0.672. The maximum absolute atomic E-state index is 3.77. The molecule has 0 aromatic heterocycles. The molecule has 2 aliphatic rings. The Hall–Kier alpha value is -1.02. The Morgan fingerprint density at radius 1 is 1.24 bits per heavy atom. The minimum Gasteiger partial charge on any atom is -0.368 e. The van der Waals surface area contributed by atoms with Crippen molar-refractivity contribution in [1.82, 2.24) is 5.32 Å². The van der Waals surface area contributed by atoms with Crippen LogP contribution in [0.25, 0.3) is 0 Å². The van der Waals surface area contributed by atoms with Crippen LogP contribution < -0.4 is 10.2 Å². The van der Waals surface area contributed by atoms with Crippen LogP contribution in [0, 0.1) is 5.92 Å². The van der Waals surface area contributed by atoms with Crippen molar-refractivity contribution in [2.45, 2.75) is 64.5 Å². The lowest BCUT2D eigenvalue weighted by Gasteiger charge is -2.28. The predicted molar refractivity (Wildman–Crippen MR) is 91.0 cm³/mol. The SMILES string of the molecule is CCCNC1CCCC1CCN1c2ccccc2CC1C. The first-order chi connectivity index (χ1) is 10.3. The molecule has 0 bridgehead atoms. The van der Waals surface area contributed by atoms with E-state index in [0.29, 0.717) is 6.04 Å². The Morgan fingerprint density at radius 2 is 2.10 bits per heavy atom. The lowest BCUT2D eigenvalue weighted by molar-refractivity contribution is 0.378. The molecule has 1 aliphatic carbocycles. The van der Waals surface area contributed by atoms with Gasteiger partial charge in [-0.1, -0.05) is 31.5 Å². The molecule has 1 aliphatic heterocycles. The summed E-state index contributed by atoms with van der Waals surface area (Å²) in [6.07, 6.45) is 8.04. The molecular weight excluding hydrogens is 256 g/mol. The van der Waals surface area contributed by atoms with Crippen LogP contribution in [0.2, 0.25) is 0 Å². The second-order valence-electron chi connectivity index (χ2n) is 6.92. The van der Waals surface area contributed by atoms with Crippen LogP contribution in [0.15, 0.2) is 24.3 Å². The molecule has 0 spiro atoms. The molecule has 1 aromatic rings. The molecular formula is C19H30N2. The quantitative estimate of drug-likeness (QED) is 0.850. The van der Waals surface area contributed by atoms with E-state index in [4.69, 9.17) is 0 Å². The van der Waals surface area contributed by atoms with Crippen LogP contribution in [0.1, 0.15) is 51.5 Å². The first kappa shape index (κ1) is 14.9. The van der Waals surface area contributed by atoms with E-state index in [0.717, 1.165) is 12.0 Å². The van der Waals surface area contributed by atoms with Crippen LogP contribution >= 0.6 is 0 Å². The van der Waals surface area contributed by atoms with Gasteiger partial charge in [0.1, 0.15) is 0 Å². The second kappa shape index (κ2) is 6.83. The first-order valence-electron chi connectivity index (χ1n) is 8.87. The van der Waals surface area contributed by atoms with Crippen LogP contribution in [-0.4, -0.2) is 25.2 Å². The van der Waals surface area contributed by atoms with Gasteiger partial charge < -0.3 is 10.2 Å². The van der Waals surface area contributed by atoms with Gasteiger partial charge >= 0.3 is 0 Å². The largest absolute Gasteiger partial charge is 0.368 e. The zero-order valence-corrected chi connectivity index (χ0v) is 13.6. The van der Waals surface area contributed by atoms with Crippen molar-refractivity contribution in [3.63, 3.8) is 0 Å². The molecule has 1 heterocycles. The Morgan fingerprint density at radius 3 is 2.95 bits per heavy atom. The number of benzene rings is 1. The van der Waals surface area contributed by atoms with Gasteiger partial charge in [0, 0.05) is 24.3 Å². The number of fused-ring (bicyclic) bond motifs is 1. The van der Waals surface area contributed by atoms with Crippen molar-refractivity contribution in [2.24, 2.45) is 5.92 Å². The fourth-order valence-corrected chi connectivity index (χ4v) is 4.26. The van der Waals surface area contributed by atoms with Gasteiger partial charge in [-0.2, -0.15) is 0 Å². The van der Waals surface area contributed by atoms with Crippen molar-refractivity contribution >= 4 is 5.69 Å². The van der Waals surface area contributed by atoms with Gasteiger partial charge in [-0.15, -0.1) is 0 Å². The summed E-state index contributed by atoms with van der Waals surface area (Å²) in [6.45, 7) is 7.05. The van der Waals surface area contributed by atoms with E-state index in [1.54, 1.807) is 0 Å². The van der Waals surface area contributed by atoms with Gasteiger partial charge in [0.15, 0.2) is 0 Å². The number of para-hydroxylation sites is 1.